The molecular weight excluding hydrogens is 495 g/mol. The van der Waals surface area contributed by atoms with Gasteiger partial charge in [-0.25, -0.2) is 4.98 Å². The molecule has 0 unspecified atom stereocenters. The van der Waals surface area contributed by atoms with Gasteiger partial charge in [0.25, 0.3) is 0 Å². The van der Waals surface area contributed by atoms with Crippen molar-refractivity contribution in [2.24, 2.45) is 9.98 Å². The number of carbonyl (C=O) groups is 2. The largest absolute Gasteiger partial charge is 0.297 e. The van der Waals surface area contributed by atoms with Gasteiger partial charge in [0.2, 0.25) is 0 Å². The highest BCUT2D eigenvalue weighted by Gasteiger charge is 2.05. The van der Waals surface area contributed by atoms with Gasteiger partial charge in [-0.15, -0.1) is 23.5 Å². The molecule has 0 radical (unpaired) electrons. The second-order valence-electron chi connectivity index (χ2n) is 7.24. The maximum Gasteiger partial charge on any atom is 0.164 e. The zero-order valence-corrected chi connectivity index (χ0v) is 21.6. The molecule has 0 amide bonds. The van der Waals surface area contributed by atoms with Gasteiger partial charge in [-0.05, 0) is 73.5 Å². The lowest BCUT2D eigenvalue weighted by molar-refractivity contribution is -0.116. The Morgan fingerprint density at radius 2 is 1.29 bits per heavy atom. The maximum atomic E-state index is 12.2. The van der Waals surface area contributed by atoms with Crippen LogP contribution in [0.2, 0.25) is 0 Å². The highest BCUT2D eigenvalue weighted by molar-refractivity contribution is 8.00. The van der Waals surface area contributed by atoms with Crippen LogP contribution in [0.25, 0.3) is 6.08 Å². The SMILES string of the molecule is C=Cc1cccc(C=NCC(=O)CSc2ccc(Sc3ccc(SCC(=O)CN=C)cc3)cc2)n1. The van der Waals surface area contributed by atoms with E-state index in [0.29, 0.717) is 17.2 Å². The Kier molecular flexibility index (Phi) is 11.0. The molecule has 2 aromatic carbocycles. The fourth-order valence-corrected chi connectivity index (χ4v) is 5.09. The normalized spacial score (nSPS) is 10.9. The van der Waals surface area contributed by atoms with E-state index >= 15 is 0 Å². The van der Waals surface area contributed by atoms with Gasteiger partial charge in [0.05, 0.1) is 36.0 Å². The molecule has 0 saturated heterocycles. The molecule has 1 aromatic heterocycles. The molecule has 5 nitrogen and oxygen atoms in total. The Morgan fingerprint density at radius 1 is 0.771 bits per heavy atom. The van der Waals surface area contributed by atoms with Crippen LogP contribution in [0.4, 0.5) is 0 Å². The van der Waals surface area contributed by atoms with Crippen LogP contribution >= 0.6 is 35.3 Å². The number of ketones is 2. The summed E-state index contributed by atoms with van der Waals surface area (Å²) in [4.78, 5) is 40.2. The summed E-state index contributed by atoms with van der Waals surface area (Å²) in [5.74, 6) is 0.905. The van der Waals surface area contributed by atoms with Crippen molar-refractivity contribution in [2.75, 3.05) is 24.6 Å². The molecule has 3 rings (SSSR count). The second kappa shape index (κ2) is 14.5. The molecule has 0 aliphatic carbocycles. The van der Waals surface area contributed by atoms with Crippen molar-refractivity contribution in [1.29, 1.82) is 0 Å². The van der Waals surface area contributed by atoms with Crippen molar-refractivity contribution in [3.8, 4) is 0 Å². The average molecular weight is 520 g/mol. The number of rotatable bonds is 14. The minimum absolute atomic E-state index is 0.0602. The summed E-state index contributed by atoms with van der Waals surface area (Å²) in [7, 11) is 0. The predicted octanol–water partition coefficient (Wildman–Crippen LogP) is 6.02. The lowest BCUT2D eigenvalue weighted by Crippen LogP contribution is -2.06. The highest BCUT2D eigenvalue weighted by atomic mass is 32.2. The molecule has 0 bridgehead atoms. The number of pyridine rings is 1. The Bertz CT molecular complexity index is 1190. The average Bonchev–Trinajstić information content (AvgIpc) is 2.88. The van der Waals surface area contributed by atoms with Gasteiger partial charge in [0, 0.05) is 25.8 Å². The second-order valence-corrected chi connectivity index (χ2v) is 10.5. The summed E-state index contributed by atoms with van der Waals surface area (Å²) in [5, 5.41) is 0. The van der Waals surface area contributed by atoms with Gasteiger partial charge in [-0.3, -0.25) is 19.6 Å². The molecule has 0 spiro atoms. The Morgan fingerprint density at radius 3 is 1.83 bits per heavy atom. The number of benzene rings is 2. The van der Waals surface area contributed by atoms with Crippen LogP contribution in [-0.4, -0.2) is 54.1 Å². The van der Waals surface area contributed by atoms with Gasteiger partial charge in [-0.2, -0.15) is 0 Å². The molecule has 0 N–H and O–H groups in total. The number of hydrogen-bond donors (Lipinski definition) is 0. The van der Waals surface area contributed by atoms with Crippen LogP contribution in [0.15, 0.2) is 103 Å². The van der Waals surface area contributed by atoms with Crippen LogP contribution in [0.1, 0.15) is 11.4 Å². The molecule has 35 heavy (non-hydrogen) atoms. The summed E-state index contributed by atoms with van der Waals surface area (Å²) in [6.45, 7) is 7.35. The van der Waals surface area contributed by atoms with Crippen LogP contribution in [0.3, 0.4) is 0 Å². The van der Waals surface area contributed by atoms with E-state index in [2.05, 4.69) is 40.4 Å². The minimum Gasteiger partial charge on any atom is -0.297 e. The van der Waals surface area contributed by atoms with Crippen molar-refractivity contribution in [2.45, 2.75) is 19.6 Å². The zero-order chi connectivity index (χ0) is 24.9. The molecule has 3 aromatic rings. The third kappa shape index (κ3) is 9.68. The summed E-state index contributed by atoms with van der Waals surface area (Å²) < 4.78 is 0. The number of Topliss-reactive ketones (excluding diaryl/α,β-unsaturated/α-hetero) is 2. The van der Waals surface area contributed by atoms with Gasteiger partial charge < -0.3 is 0 Å². The monoisotopic (exact) mass is 519 g/mol. The van der Waals surface area contributed by atoms with Crippen molar-refractivity contribution in [3.63, 3.8) is 0 Å². The first kappa shape index (κ1) is 26.7. The standard InChI is InChI=1S/C27H25N3O2S3/c1-3-20-5-4-6-21(30-20)15-29-17-23(32)19-34-25-9-13-27(14-10-25)35-26-11-7-24(8-12-26)33-18-22(31)16-28-2/h3-15H,1-2,16-19H2. The summed E-state index contributed by atoms with van der Waals surface area (Å²) >= 11 is 4.68. The quantitative estimate of drug-likeness (QED) is 0.192. The molecular formula is C27H25N3O2S3. The van der Waals surface area contributed by atoms with Crippen molar-refractivity contribution in [3.05, 3.63) is 84.7 Å². The molecule has 0 fully saturated rings. The van der Waals surface area contributed by atoms with Crippen molar-refractivity contribution in [1.82, 2.24) is 4.98 Å². The lowest BCUT2D eigenvalue weighted by Gasteiger charge is -2.05. The predicted molar refractivity (Wildman–Crippen MR) is 150 cm³/mol. The van der Waals surface area contributed by atoms with Crippen LogP contribution in [0, 0.1) is 0 Å². The first-order chi connectivity index (χ1) is 17.1. The first-order valence-corrected chi connectivity index (χ1v) is 13.5. The highest BCUT2D eigenvalue weighted by Crippen LogP contribution is 2.31. The van der Waals surface area contributed by atoms with E-state index in [1.807, 2.05) is 54.6 Å². The van der Waals surface area contributed by atoms with E-state index in [9.17, 15) is 9.59 Å². The van der Waals surface area contributed by atoms with Crippen molar-refractivity contribution >= 4 is 65.9 Å². The van der Waals surface area contributed by atoms with E-state index < -0.39 is 0 Å². The van der Waals surface area contributed by atoms with Gasteiger partial charge in [0.15, 0.2) is 11.6 Å². The third-order valence-electron chi connectivity index (χ3n) is 4.46. The molecule has 0 aliphatic heterocycles. The van der Waals surface area contributed by atoms with Crippen LogP contribution in [0.5, 0.6) is 0 Å². The topological polar surface area (TPSA) is 71.8 Å². The van der Waals surface area contributed by atoms with Gasteiger partial charge >= 0.3 is 0 Å². The maximum absolute atomic E-state index is 12.2. The number of carbonyl (C=O) groups excluding carboxylic acids is 2. The fraction of sp³-hybridized carbons (Fsp3) is 0.148. The minimum atomic E-state index is 0.0602. The molecule has 8 heteroatoms. The first-order valence-electron chi connectivity index (χ1n) is 10.7. The lowest BCUT2D eigenvalue weighted by atomic mass is 10.3. The zero-order valence-electron chi connectivity index (χ0n) is 19.1. The molecule has 0 aliphatic rings. The third-order valence-corrected chi connectivity index (χ3v) is 7.62. The summed E-state index contributed by atoms with van der Waals surface area (Å²) in [5.41, 5.74) is 1.49. The Labute approximate surface area is 218 Å². The number of hydrogen-bond acceptors (Lipinski definition) is 8. The van der Waals surface area contributed by atoms with Crippen LogP contribution < -0.4 is 0 Å². The Balaban J connectivity index is 1.42. The van der Waals surface area contributed by atoms with Crippen molar-refractivity contribution < 1.29 is 9.59 Å². The molecule has 1 heterocycles. The van der Waals surface area contributed by atoms with E-state index in [-0.39, 0.29) is 24.7 Å². The molecule has 0 saturated carbocycles. The summed E-state index contributed by atoms with van der Waals surface area (Å²) in [6.07, 6.45) is 3.29. The van der Waals surface area contributed by atoms with E-state index in [0.717, 1.165) is 25.3 Å². The molecule has 0 atom stereocenters. The van der Waals surface area contributed by atoms with Gasteiger partial charge in [-0.1, -0.05) is 24.4 Å². The van der Waals surface area contributed by atoms with Gasteiger partial charge in [0.1, 0.15) is 0 Å². The number of thioether (sulfide) groups is 2. The van der Waals surface area contributed by atoms with Crippen LogP contribution in [-0.2, 0) is 9.59 Å². The Hall–Kier alpha value is -2.94. The van der Waals surface area contributed by atoms with E-state index in [4.69, 9.17) is 0 Å². The number of aromatic nitrogens is 1. The fourth-order valence-electron chi connectivity index (χ4n) is 2.78. The number of aliphatic imine (C=N–C) groups is 2. The number of nitrogens with zero attached hydrogens (tertiary/aromatic N) is 3. The van der Waals surface area contributed by atoms with E-state index in [1.54, 1.807) is 24.1 Å². The summed E-state index contributed by atoms with van der Waals surface area (Å²) in [6, 6.07) is 21.9. The smallest absolute Gasteiger partial charge is 0.164 e. The molecule has 178 valence electrons. The van der Waals surface area contributed by atoms with E-state index in [1.165, 1.54) is 23.5 Å².